The van der Waals surface area contributed by atoms with Gasteiger partial charge in [0, 0.05) is 37.8 Å². The van der Waals surface area contributed by atoms with Crippen LogP contribution in [-0.2, 0) is 24.4 Å². The summed E-state index contributed by atoms with van der Waals surface area (Å²) in [5, 5.41) is 7.12. The largest absolute Gasteiger partial charge is 0.380 e. The van der Waals surface area contributed by atoms with Crippen molar-refractivity contribution in [1.82, 2.24) is 10.6 Å². The molecule has 0 aliphatic carbocycles. The summed E-state index contributed by atoms with van der Waals surface area (Å²) in [6.45, 7) is 1.40. The number of ether oxygens (including phenoxy) is 1. The standard InChI is InChI=1S/C18H21ClFN3O/c1-21-18(22-10-13-4-3-5-16(19)9-13)23-11-14-6-7-17(20)15(8-14)12-24-2/h3-9H,10-12H2,1-2H3,(H2,21,22,23). The maximum Gasteiger partial charge on any atom is 0.191 e. The first kappa shape index (κ1) is 18.2. The van der Waals surface area contributed by atoms with Crippen molar-refractivity contribution in [1.29, 1.82) is 0 Å². The smallest absolute Gasteiger partial charge is 0.191 e. The summed E-state index contributed by atoms with van der Waals surface area (Å²) in [5.74, 6) is 0.400. The van der Waals surface area contributed by atoms with Crippen LogP contribution in [0.2, 0.25) is 5.02 Å². The zero-order chi connectivity index (χ0) is 17.4. The molecule has 0 heterocycles. The van der Waals surface area contributed by atoms with Crippen LogP contribution in [-0.4, -0.2) is 20.1 Å². The molecule has 0 aliphatic rings. The van der Waals surface area contributed by atoms with Crippen LogP contribution in [0.3, 0.4) is 0 Å². The second-order valence-electron chi connectivity index (χ2n) is 5.27. The van der Waals surface area contributed by atoms with Gasteiger partial charge in [0.15, 0.2) is 5.96 Å². The number of hydrogen-bond donors (Lipinski definition) is 2. The first-order valence-electron chi connectivity index (χ1n) is 7.57. The second kappa shape index (κ2) is 9.25. The molecule has 0 fully saturated rings. The molecule has 0 amide bonds. The van der Waals surface area contributed by atoms with Gasteiger partial charge >= 0.3 is 0 Å². The molecule has 0 radical (unpaired) electrons. The fraction of sp³-hybridized carbons (Fsp3) is 0.278. The van der Waals surface area contributed by atoms with Gasteiger partial charge in [0.05, 0.1) is 6.61 Å². The number of nitrogens with zero attached hydrogens (tertiary/aromatic N) is 1. The van der Waals surface area contributed by atoms with Gasteiger partial charge in [-0.2, -0.15) is 0 Å². The van der Waals surface area contributed by atoms with E-state index < -0.39 is 0 Å². The Bertz CT molecular complexity index is 706. The Hall–Kier alpha value is -2.11. The lowest BCUT2D eigenvalue weighted by molar-refractivity contribution is 0.181. The van der Waals surface area contributed by atoms with E-state index in [4.69, 9.17) is 16.3 Å². The van der Waals surface area contributed by atoms with Gasteiger partial charge in [-0.1, -0.05) is 29.8 Å². The fourth-order valence-electron chi connectivity index (χ4n) is 2.24. The number of guanidine groups is 1. The van der Waals surface area contributed by atoms with Gasteiger partial charge in [-0.3, -0.25) is 4.99 Å². The van der Waals surface area contributed by atoms with Gasteiger partial charge in [0.2, 0.25) is 0 Å². The Kier molecular flexibility index (Phi) is 7.03. The van der Waals surface area contributed by atoms with E-state index in [1.54, 1.807) is 26.3 Å². The summed E-state index contributed by atoms with van der Waals surface area (Å²) in [4.78, 5) is 4.18. The third-order valence-corrected chi connectivity index (χ3v) is 3.68. The maximum atomic E-state index is 13.6. The Morgan fingerprint density at radius 2 is 1.83 bits per heavy atom. The first-order valence-corrected chi connectivity index (χ1v) is 7.95. The first-order chi connectivity index (χ1) is 11.6. The number of halogens is 2. The van der Waals surface area contributed by atoms with Gasteiger partial charge in [0.25, 0.3) is 0 Å². The van der Waals surface area contributed by atoms with Crippen molar-refractivity contribution in [3.63, 3.8) is 0 Å². The molecule has 0 saturated heterocycles. The summed E-state index contributed by atoms with van der Waals surface area (Å²) >= 11 is 5.97. The minimum atomic E-state index is -0.260. The van der Waals surface area contributed by atoms with Crippen molar-refractivity contribution < 1.29 is 9.13 Å². The maximum absolute atomic E-state index is 13.6. The highest BCUT2D eigenvalue weighted by molar-refractivity contribution is 6.30. The molecule has 4 nitrogen and oxygen atoms in total. The predicted molar refractivity (Wildman–Crippen MR) is 95.6 cm³/mol. The molecule has 128 valence electrons. The van der Waals surface area contributed by atoms with Crippen LogP contribution in [0.25, 0.3) is 0 Å². The molecule has 0 bridgehead atoms. The summed E-state index contributed by atoms with van der Waals surface area (Å²) < 4.78 is 18.6. The number of benzene rings is 2. The normalized spacial score (nSPS) is 11.4. The van der Waals surface area contributed by atoms with Crippen LogP contribution in [0.15, 0.2) is 47.5 Å². The van der Waals surface area contributed by atoms with Crippen LogP contribution in [0.5, 0.6) is 0 Å². The summed E-state index contributed by atoms with van der Waals surface area (Å²) in [5.41, 5.74) is 2.56. The topological polar surface area (TPSA) is 45.7 Å². The van der Waals surface area contributed by atoms with Gasteiger partial charge in [-0.25, -0.2) is 4.39 Å². The third kappa shape index (κ3) is 5.51. The number of rotatable bonds is 6. The number of methoxy groups -OCH3 is 1. The van der Waals surface area contributed by atoms with Crippen LogP contribution < -0.4 is 10.6 Å². The quantitative estimate of drug-likeness (QED) is 0.620. The van der Waals surface area contributed by atoms with Crippen molar-refractivity contribution in [2.24, 2.45) is 4.99 Å². The van der Waals surface area contributed by atoms with Crippen molar-refractivity contribution in [3.8, 4) is 0 Å². The lowest BCUT2D eigenvalue weighted by atomic mass is 10.1. The van der Waals surface area contributed by atoms with E-state index in [1.165, 1.54) is 6.07 Å². The lowest BCUT2D eigenvalue weighted by Gasteiger charge is -2.13. The Morgan fingerprint density at radius 1 is 1.12 bits per heavy atom. The third-order valence-electron chi connectivity index (χ3n) is 3.44. The molecule has 2 rings (SSSR count). The van der Waals surface area contributed by atoms with E-state index >= 15 is 0 Å². The number of aliphatic imine (C=N–C) groups is 1. The van der Waals surface area contributed by atoms with E-state index in [1.807, 2.05) is 24.3 Å². The van der Waals surface area contributed by atoms with Crippen molar-refractivity contribution in [2.75, 3.05) is 14.2 Å². The Balaban J connectivity index is 1.90. The van der Waals surface area contributed by atoms with Crippen LogP contribution >= 0.6 is 11.6 Å². The molecule has 2 aromatic carbocycles. The van der Waals surface area contributed by atoms with Gasteiger partial charge < -0.3 is 15.4 Å². The molecule has 0 atom stereocenters. The Labute approximate surface area is 146 Å². The molecule has 0 saturated carbocycles. The number of nitrogens with one attached hydrogen (secondary N) is 2. The van der Waals surface area contributed by atoms with Crippen LogP contribution in [0, 0.1) is 5.82 Å². The lowest BCUT2D eigenvalue weighted by Crippen LogP contribution is -2.36. The monoisotopic (exact) mass is 349 g/mol. The van der Waals surface area contributed by atoms with Crippen molar-refractivity contribution in [3.05, 3.63) is 70.0 Å². The summed E-state index contributed by atoms with van der Waals surface area (Å²) in [7, 11) is 3.25. The van der Waals surface area contributed by atoms with Crippen molar-refractivity contribution in [2.45, 2.75) is 19.7 Å². The molecule has 0 aliphatic heterocycles. The number of hydrogen-bond acceptors (Lipinski definition) is 2. The second-order valence-corrected chi connectivity index (χ2v) is 5.70. The van der Waals surface area contributed by atoms with E-state index in [0.717, 1.165) is 11.1 Å². The van der Waals surface area contributed by atoms with Crippen LogP contribution in [0.4, 0.5) is 4.39 Å². The van der Waals surface area contributed by atoms with E-state index in [2.05, 4.69) is 15.6 Å². The molecule has 0 spiro atoms. The summed E-state index contributed by atoms with van der Waals surface area (Å²) in [6.07, 6.45) is 0. The average molecular weight is 350 g/mol. The fourth-order valence-corrected chi connectivity index (χ4v) is 2.46. The van der Waals surface area contributed by atoms with Crippen LogP contribution in [0.1, 0.15) is 16.7 Å². The van der Waals surface area contributed by atoms with Crippen molar-refractivity contribution >= 4 is 17.6 Å². The minimum absolute atomic E-state index is 0.251. The van der Waals surface area contributed by atoms with Gasteiger partial charge in [-0.05, 0) is 35.4 Å². The summed E-state index contributed by atoms with van der Waals surface area (Å²) in [6, 6.07) is 12.6. The highest BCUT2D eigenvalue weighted by atomic mass is 35.5. The zero-order valence-corrected chi connectivity index (χ0v) is 14.5. The van der Waals surface area contributed by atoms with Gasteiger partial charge in [-0.15, -0.1) is 0 Å². The predicted octanol–water partition coefficient (Wildman–Crippen LogP) is 3.49. The molecule has 6 heteroatoms. The van der Waals surface area contributed by atoms with Gasteiger partial charge in [0.1, 0.15) is 5.82 Å². The zero-order valence-electron chi connectivity index (χ0n) is 13.8. The molecular weight excluding hydrogens is 329 g/mol. The van der Waals surface area contributed by atoms with E-state index in [0.29, 0.717) is 29.6 Å². The SMILES string of the molecule is CN=C(NCc1cccc(Cl)c1)NCc1ccc(F)c(COC)c1. The van der Waals surface area contributed by atoms with E-state index in [-0.39, 0.29) is 12.4 Å². The molecule has 0 unspecified atom stereocenters. The molecule has 24 heavy (non-hydrogen) atoms. The average Bonchev–Trinajstić information content (AvgIpc) is 2.58. The molecule has 2 aromatic rings. The highest BCUT2D eigenvalue weighted by Gasteiger charge is 2.05. The minimum Gasteiger partial charge on any atom is -0.380 e. The molecule has 2 N–H and O–H groups in total. The molecule has 0 aromatic heterocycles. The Morgan fingerprint density at radius 3 is 2.46 bits per heavy atom. The highest BCUT2D eigenvalue weighted by Crippen LogP contribution is 2.12. The van der Waals surface area contributed by atoms with E-state index in [9.17, 15) is 4.39 Å². The molecular formula is C18H21ClFN3O.